The summed E-state index contributed by atoms with van der Waals surface area (Å²) in [6.07, 6.45) is 0.753. The van der Waals surface area contributed by atoms with Gasteiger partial charge in [0.05, 0.1) is 0 Å². The van der Waals surface area contributed by atoms with Crippen LogP contribution < -0.4 is 16.4 Å². The highest BCUT2D eigenvalue weighted by Crippen LogP contribution is 2.09. The van der Waals surface area contributed by atoms with E-state index in [0.717, 1.165) is 17.7 Å². The second kappa shape index (κ2) is 9.34. The molecule has 1 aromatic rings. The zero-order valence-corrected chi connectivity index (χ0v) is 12.6. The molecule has 1 aromatic carbocycles. The number of amides is 2. The molecule has 1 rings (SSSR count). The van der Waals surface area contributed by atoms with Crippen LogP contribution in [0.4, 0.5) is 5.69 Å². The van der Waals surface area contributed by atoms with Crippen LogP contribution in [0, 0.1) is 5.92 Å². The van der Waals surface area contributed by atoms with Crippen molar-refractivity contribution in [2.24, 2.45) is 11.7 Å². The number of rotatable bonds is 6. The maximum Gasteiger partial charge on any atom is 0.224 e. The molecule has 0 saturated heterocycles. The zero-order valence-electron chi connectivity index (χ0n) is 11.8. The van der Waals surface area contributed by atoms with Crippen LogP contribution in [-0.4, -0.2) is 24.9 Å². The van der Waals surface area contributed by atoms with Crippen LogP contribution in [0.15, 0.2) is 24.3 Å². The van der Waals surface area contributed by atoms with E-state index in [1.54, 1.807) is 6.92 Å². The van der Waals surface area contributed by atoms with Crippen molar-refractivity contribution in [3.05, 3.63) is 29.8 Å². The minimum atomic E-state index is -0.151. The van der Waals surface area contributed by atoms with E-state index in [9.17, 15) is 9.59 Å². The summed E-state index contributed by atoms with van der Waals surface area (Å²) in [5.41, 5.74) is 7.30. The van der Waals surface area contributed by atoms with Gasteiger partial charge in [-0.15, -0.1) is 12.4 Å². The number of benzene rings is 1. The van der Waals surface area contributed by atoms with Gasteiger partial charge >= 0.3 is 0 Å². The van der Waals surface area contributed by atoms with E-state index in [4.69, 9.17) is 5.73 Å². The molecule has 20 heavy (non-hydrogen) atoms. The predicted octanol–water partition coefficient (Wildman–Crippen LogP) is 1.32. The highest BCUT2D eigenvalue weighted by Gasteiger charge is 2.09. The summed E-state index contributed by atoms with van der Waals surface area (Å²) in [6, 6.07) is 7.57. The first-order valence-electron chi connectivity index (χ1n) is 6.37. The molecule has 0 aromatic heterocycles. The Morgan fingerprint density at radius 2 is 1.85 bits per heavy atom. The molecule has 5 nitrogen and oxygen atoms in total. The fraction of sp³-hybridized carbons (Fsp3) is 0.429. The topological polar surface area (TPSA) is 84.2 Å². The molecule has 0 spiro atoms. The summed E-state index contributed by atoms with van der Waals surface area (Å²) < 4.78 is 0. The Hall–Kier alpha value is -1.59. The zero-order chi connectivity index (χ0) is 14.3. The number of anilines is 1. The molecule has 112 valence electrons. The minimum absolute atomic E-state index is 0. The Morgan fingerprint density at radius 1 is 1.25 bits per heavy atom. The Bertz CT molecular complexity index is 435. The summed E-state index contributed by atoms with van der Waals surface area (Å²) in [5, 5.41) is 5.55. The predicted molar refractivity (Wildman–Crippen MR) is 82.9 cm³/mol. The molecule has 2 amide bonds. The number of nitrogens with one attached hydrogen (secondary N) is 2. The van der Waals surface area contributed by atoms with Gasteiger partial charge in [-0.05, 0) is 24.1 Å². The molecule has 4 N–H and O–H groups in total. The largest absolute Gasteiger partial charge is 0.355 e. The summed E-state index contributed by atoms with van der Waals surface area (Å²) in [7, 11) is 0. The summed E-state index contributed by atoms with van der Waals surface area (Å²) >= 11 is 0. The lowest BCUT2D eigenvalue weighted by Gasteiger charge is -2.10. The van der Waals surface area contributed by atoms with Crippen molar-refractivity contribution in [3.63, 3.8) is 0 Å². The molecule has 0 saturated carbocycles. The van der Waals surface area contributed by atoms with Crippen LogP contribution in [0.5, 0.6) is 0 Å². The lowest BCUT2D eigenvalue weighted by Crippen LogP contribution is -2.34. The Kier molecular flexibility index (Phi) is 8.59. The molecule has 0 aliphatic heterocycles. The summed E-state index contributed by atoms with van der Waals surface area (Å²) in [4.78, 5) is 22.4. The molecule has 0 aliphatic rings. The van der Waals surface area contributed by atoms with Crippen LogP contribution >= 0.6 is 12.4 Å². The van der Waals surface area contributed by atoms with Gasteiger partial charge in [-0.25, -0.2) is 0 Å². The molecule has 6 heteroatoms. The van der Waals surface area contributed by atoms with Gasteiger partial charge in [-0.1, -0.05) is 19.1 Å². The SMILES string of the molecule is CC(=O)Nc1ccc(CCNC(=O)C(C)CN)cc1.Cl. The van der Waals surface area contributed by atoms with Gasteiger partial charge in [0.25, 0.3) is 0 Å². The van der Waals surface area contributed by atoms with E-state index in [0.29, 0.717) is 13.1 Å². The van der Waals surface area contributed by atoms with Gasteiger partial charge in [-0.2, -0.15) is 0 Å². The lowest BCUT2D eigenvalue weighted by molar-refractivity contribution is -0.124. The van der Waals surface area contributed by atoms with Crippen molar-refractivity contribution < 1.29 is 9.59 Å². The van der Waals surface area contributed by atoms with E-state index in [1.807, 2.05) is 24.3 Å². The van der Waals surface area contributed by atoms with Crippen molar-refractivity contribution >= 4 is 29.9 Å². The standard InChI is InChI=1S/C14H21N3O2.ClH/c1-10(9-15)14(19)16-8-7-12-3-5-13(6-4-12)17-11(2)18;/h3-6,10H,7-9,15H2,1-2H3,(H,16,19)(H,17,18);1H. The third kappa shape index (κ3) is 6.54. The Labute approximate surface area is 125 Å². The van der Waals surface area contributed by atoms with Gasteiger partial charge in [0, 0.05) is 31.6 Å². The van der Waals surface area contributed by atoms with Crippen molar-refractivity contribution in [1.82, 2.24) is 5.32 Å². The fourth-order valence-electron chi connectivity index (χ4n) is 1.57. The second-order valence-electron chi connectivity index (χ2n) is 4.56. The smallest absolute Gasteiger partial charge is 0.224 e. The Morgan fingerprint density at radius 3 is 2.35 bits per heavy atom. The van der Waals surface area contributed by atoms with Crippen molar-refractivity contribution in [2.75, 3.05) is 18.4 Å². The lowest BCUT2D eigenvalue weighted by atomic mass is 10.1. The summed E-state index contributed by atoms with van der Waals surface area (Å²) in [6.45, 7) is 4.22. The number of halogens is 1. The number of carbonyl (C=O) groups is 2. The van der Waals surface area contributed by atoms with E-state index < -0.39 is 0 Å². The highest BCUT2D eigenvalue weighted by atomic mass is 35.5. The first-order chi connectivity index (χ1) is 9.02. The quantitative estimate of drug-likeness (QED) is 0.741. The number of carbonyl (C=O) groups excluding carboxylic acids is 2. The minimum Gasteiger partial charge on any atom is -0.355 e. The molecular weight excluding hydrogens is 278 g/mol. The molecule has 0 fully saturated rings. The maximum absolute atomic E-state index is 11.5. The highest BCUT2D eigenvalue weighted by molar-refractivity contribution is 5.88. The monoisotopic (exact) mass is 299 g/mol. The third-order valence-electron chi connectivity index (χ3n) is 2.79. The van der Waals surface area contributed by atoms with E-state index in [-0.39, 0.29) is 30.1 Å². The van der Waals surface area contributed by atoms with Crippen molar-refractivity contribution in [1.29, 1.82) is 0 Å². The average molecular weight is 300 g/mol. The van der Waals surface area contributed by atoms with Crippen LogP contribution in [0.25, 0.3) is 0 Å². The summed E-state index contributed by atoms with van der Waals surface area (Å²) in [5.74, 6) is -0.254. The van der Waals surface area contributed by atoms with Crippen LogP contribution in [0.3, 0.4) is 0 Å². The van der Waals surface area contributed by atoms with Crippen LogP contribution in [-0.2, 0) is 16.0 Å². The van der Waals surface area contributed by atoms with Crippen molar-refractivity contribution in [2.45, 2.75) is 20.3 Å². The molecule has 1 atom stereocenters. The molecule has 0 bridgehead atoms. The number of hydrogen-bond acceptors (Lipinski definition) is 3. The van der Waals surface area contributed by atoms with Gasteiger partial charge < -0.3 is 16.4 Å². The normalized spacial score (nSPS) is 11.2. The van der Waals surface area contributed by atoms with E-state index in [2.05, 4.69) is 10.6 Å². The van der Waals surface area contributed by atoms with Crippen molar-refractivity contribution in [3.8, 4) is 0 Å². The first-order valence-corrected chi connectivity index (χ1v) is 6.37. The second-order valence-corrected chi connectivity index (χ2v) is 4.56. The Balaban J connectivity index is 0.00000361. The fourth-order valence-corrected chi connectivity index (χ4v) is 1.57. The van der Waals surface area contributed by atoms with Gasteiger partial charge in [0.2, 0.25) is 11.8 Å². The van der Waals surface area contributed by atoms with E-state index >= 15 is 0 Å². The van der Waals surface area contributed by atoms with Gasteiger partial charge in [-0.3, -0.25) is 9.59 Å². The molecule has 0 aliphatic carbocycles. The third-order valence-corrected chi connectivity index (χ3v) is 2.79. The van der Waals surface area contributed by atoms with Crippen LogP contribution in [0.1, 0.15) is 19.4 Å². The maximum atomic E-state index is 11.5. The van der Waals surface area contributed by atoms with E-state index in [1.165, 1.54) is 6.92 Å². The van der Waals surface area contributed by atoms with Gasteiger partial charge in [0.1, 0.15) is 0 Å². The van der Waals surface area contributed by atoms with Gasteiger partial charge in [0.15, 0.2) is 0 Å². The number of hydrogen-bond donors (Lipinski definition) is 3. The average Bonchev–Trinajstić information content (AvgIpc) is 2.39. The van der Waals surface area contributed by atoms with Crippen LogP contribution in [0.2, 0.25) is 0 Å². The molecule has 1 unspecified atom stereocenters. The number of nitrogens with two attached hydrogens (primary N) is 1. The first kappa shape index (κ1) is 18.4. The molecular formula is C14H22ClN3O2. The molecule has 0 heterocycles. The molecule has 0 radical (unpaired) electrons.